The standard InChI is InChI=1S/C23H33N2/c1-25(2,3)18-10-4-9-17-24-23-21-13-7-5-11-19(21)15-16-20-12-6-8-14-22(20)23/h5-8,11-14,23-24H,4,9-10,15-18H2,1-3H3/q+1. The Morgan fingerprint density at radius 3 is 1.92 bits per heavy atom. The minimum atomic E-state index is 0.341. The number of aryl methyl sites for hydroxylation is 2. The molecule has 0 amide bonds. The van der Waals surface area contributed by atoms with Crippen LogP contribution in [0.3, 0.4) is 0 Å². The predicted molar refractivity (Wildman–Crippen MR) is 107 cm³/mol. The summed E-state index contributed by atoms with van der Waals surface area (Å²) in [6.07, 6.45) is 6.16. The van der Waals surface area contributed by atoms with Gasteiger partial charge in [0.25, 0.3) is 0 Å². The molecule has 1 aliphatic carbocycles. The summed E-state index contributed by atoms with van der Waals surface area (Å²) < 4.78 is 1.07. The van der Waals surface area contributed by atoms with E-state index >= 15 is 0 Å². The van der Waals surface area contributed by atoms with E-state index in [1.165, 1.54) is 48.1 Å². The number of quaternary nitrogens is 1. The van der Waals surface area contributed by atoms with Crippen molar-refractivity contribution in [2.24, 2.45) is 0 Å². The molecule has 3 rings (SSSR count). The van der Waals surface area contributed by atoms with Crippen LogP contribution in [-0.4, -0.2) is 38.7 Å². The number of nitrogens with one attached hydrogen (secondary N) is 1. The zero-order valence-corrected chi connectivity index (χ0v) is 16.1. The van der Waals surface area contributed by atoms with E-state index in [1.54, 1.807) is 0 Å². The SMILES string of the molecule is C[N+](C)(C)CCCCCNC1c2ccccc2CCc2ccccc21. The second-order valence-electron chi connectivity index (χ2n) is 8.36. The molecule has 0 aliphatic heterocycles. The lowest BCUT2D eigenvalue weighted by atomic mass is 9.94. The molecule has 1 aliphatic rings. The third kappa shape index (κ3) is 4.93. The van der Waals surface area contributed by atoms with Crippen molar-refractivity contribution in [3.63, 3.8) is 0 Å². The number of unbranched alkanes of at least 4 members (excludes halogenated alkanes) is 2. The normalized spacial score (nSPS) is 14.7. The Morgan fingerprint density at radius 1 is 0.800 bits per heavy atom. The predicted octanol–water partition coefficient (Wildman–Crippen LogP) is 4.34. The van der Waals surface area contributed by atoms with Gasteiger partial charge in [-0.15, -0.1) is 0 Å². The first-order chi connectivity index (χ1) is 12.0. The van der Waals surface area contributed by atoms with Crippen LogP contribution in [0.5, 0.6) is 0 Å². The van der Waals surface area contributed by atoms with Crippen molar-refractivity contribution in [3.8, 4) is 0 Å². The molecule has 0 heterocycles. The monoisotopic (exact) mass is 337 g/mol. The largest absolute Gasteiger partial charge is 0.331 e. The van der Waals surface area contributed by atoms with Gasteiger partial charge in [0.1, 0.15) is 0 Å². The molecule has 2 heteroatoms. The van der Waals surface area contributed by atoms with Crippen molar-refractivity contribution >= 4 is 0 Å². The molecule has 0 atom stereocenters. The molecule has 25 heavy (non-hydrogen) atoms. The number of hydrogen-bond acceptors (Lipinski definition) is 1. The summed E-state index contributed by atoms with van der Waals surface area (Å²) >= 11 is 0. The van der Waals surface area contributed by atoms with E-state index in [0.29, 0.717) is 6.04 Å². The lowest BCUT2D eigenvalue weighted by molar-refractivity contribution is -0.870. The number of rotatable bonds is 7. The van der Waals surface area contributed by atoms with E-state index in [4.69, 9.17) is 0 Å². The lowest BCUT2D eigenvalue weighted by Gasteiger charge is -2.24. The van der Waals surface area contributed by atoms with Gasteiger partial charge in [-0.3, -0.25) is 0 Å². The average molecular weight is 338 g/mol. The van der Waals surface area contributed by atoms with Crippen LogP contribution in [0.4, 0.5) is 0 Å². The average Bonchev–Trinajstić information content (AvgIpc) is 2.74. The third-order valence-electron chi connectivity index (χ3n) is 5.25. The fourth-order valence-electron chi connectivity index (χ4n) is 3.88. The molecule has 2 nitrogen and oxygen atoms in total. The smallest absolute Gasteiger partial charge is 0.0780 e. The van der Waals surface area contributed by atoms with Crippen LogP contribution in [-0.2, 0) is 12.8 Å². The van der Waals surface area contributed by atoms with Gasteiger partial charge in [0.15, 0.2) is 0 Å². The minimum absolute atomic E-state index is 0.341. The van der Waals surface area contributed by atoms with Crippen LogP contribution in [0.25, 0.3) is 0 Å². The van der Waals surface area contributed by atoms with E-state index in [1.807, 2.05) is 0 Å². The molecule has 0 spiro atoms. The van der Waals surface area contributed by atoms with Crippen molar-refractivity contribution in [2.45, 2.75) is 38.1 Å². The quantitative estimate of drug-likeness (QED) is 0.585. The van der Waals surface area contributed by atoms with E-state index in [0.717, 1.165) is 23.9 Å². The maximum atomic E-state index is 3.87. The first-order valence-corrected chi connectivity index (χ1v) is 9.74. The maximum absolute atomic E-state index is 3.87. The zero-order chi connectivity index (χ0) is 17.7. The second-order valence-corrected chi connectivity index (χ2v) is 8.36. The molecular formula is C23H33N2+. The molecule has 2 aromatic carbocycles. The van der Waals surface area contributed by atoms with Gasteiger partial charge in [0.2, 0.25) is 0 Å². The van der Waals surface area contributed by atoms with Crippen LogP contribution < -0.4 is 5.32 Å². The fourth-order valence-corrected chi connectivity index (χ4v) is 3.88. The number of nitrogens with zero attached hydrogens (tertiary/aromatic N) is 1. The highest BCUT2D eigenvalue weighted by atomic mass is 15.3. The summed E-state index contributed by atoms with van der Waals surface area (Å²) in [5.41, 5.74) is 5.94. The summed E-state index contributed by atoms with van der Waals surface area (Å²) in [6.45, 7) is 2.35. The molecule has 1 N–H and O–H groups in total. The maximum Gasteiger partial charge on any atom is 0.0780 e. The van der Waals surface area contributed by atoms with Crippen LogP contribution >= 0.6 is 0 Å². The Labute approximate surface area is 153 Å². The number of hydrogen-bond donors (Lipinski definition) is 1. The van der Waals surface area contributed by atoms with Crippen LogP contribution in [0.1, 0.15) is 47.6 Å². The van der Waals surface area contributed by atoms with Gasteiger partial charge >= 0.3 is 0 Å². The van der Waals surface area contributed by atoms with E-state index < -0.39 is 0 Å². The Hall–Kier alpha value is -1.64. The highest BCUT2D eigenvalue weighted by Crippen LogP contribution is 2.32. The Bertz CT molecular complexity index is 637. The molecule has 134 valence electrons. The molecule has 0 saturated heterocycles. The van der Waals surface area contributed by atoms with Gasteiger partial charge in [0.05, 0.1) is 33.7 Å². The number of fused-ring (bicyclic) bond motifs is 2. The van der Waals surface area contributed by atoms with Crippen molar-refractivity contribution in [1.29, 1.82) is 0 Å². The van der Waals surface area contributed by atoms with Crippen molar-refractivity contribution < 1.29 is 4.48 Å². The van der Waals surface area contributed by atoms with E-state index in [9.17, 15) is 0 Å². The summed E-state index contributed by atoms with van der Waals surface area (Å²) in [5.74, 6) is 0. The molecule has 0 radical (unpaired) electrons. The summed E-state index contributed by atoms with van der Waals surface area (Å²) in [7, 11) is 6.83. The minimum Gasteiger partial charge on any atom is -0.331 e. The van der Waals surface area contributed by atoms with Gasteiger partial charge in [-0.1, -0.05) is 48.5 Å². The van der Waals surface area contributed by atoms with E-state index in [2.05, 4.69) is 75.0 Å². The zero-order valence-electron chi connectivity index (χ0n) is 16.1. The van der Waals surface area contributed by atoms with Gasteiger partial charge in [-0.05, 0) is 60.9 Å². The van der Waals surface area contributed by atoms with Crippen molar-refractivity contribution in [2.75, 3.05) is 34.2 Å². The summed E-state index contributed by atoms with van der Waals surface area (Å²) in [5, 5.41) is 3.87. The Morgan fingerprint density at radius 2 is 1.36 bits per heavy atom. The Kier molecular flexibility index (Phi) is 5.93. The highest BCUT2D eigenvalue weighted by molar-refractivity contribution is 5.44. The van der Waals surface area contributed by atoms with Gasteiger partial charge < -0.3 is 9.80 Å². The topological polar surface area (TPSA) is 12.0 Å². The molecule has 0 fully saturated rings. The van der Waals surface area contributed by atoms with Gasteiger partial charge in [0, 0.05) is 0 Å². The first-order valence-electron chi connectivity index (χ1n) is 9.74. The second kappa shape index (κ2) is 8.16. The van der Waals surface area contributed by atoms with E-state index in [-0.39, 0.29) is 0 Å². The molecule has 0 saturated carbocycles. The summed E-state index contributed by atoms with van der Waals surface area (Å²) in [4.78, 5) is 0. The summed E-state index contributed by atoms with van der Waals surface area (Å²) in [6, 6.07) is 18.3. The van der Waals surface area contributed by atoms with Crippen LogP contribution in [0.15, 0.2) is 48.5 Å². The molecular weight excluding hydrogens is 304 g/mol. The Balaban J connectivity index is 1.66. The third-order valence-corrected chi connectivity index (χ3v) is 5.25. The van der Waals surface area contributed by atoms with Gasteiger partial charge in [-0.25, -0.2) is 0 Å². The lowest BCUT2D eigenvalue weighted by Crippen LogP contribution is -2.35. The molecule has 0 aromatic heterocycles. The van der Waals surface area contributed by atoms with Crippen LogP contribution in [0.2, 0.25) is 0 Å². The molecule has 0 unspecified atom stereocenters. The van der Waals surface area contributed by atoms with Crippen molar-refractivity contribution in [3.05, 3.63) is 70.8 Å². The van der Waals surface area contributed by atoms with Gasteiger partial charge in [-0.2, -0.15) is 0 Å². The molecule has 0 bridgehead atoms. The highest BCUT2D eigenvalue weighted by Gasteiger charge is 2.22. The fraction of sp³-hybridized carbons (Fsp3) is 0.478. The first kappa shape index (κ1) is 18.2. The molecule has 2 aromatic rings. The van der Waals surface area contributed by atoms with Crippen LogP contribution in [0, 0.1) is 0 Å². The number of benzene rings is 2. The van der Waals surface area contributed by atoms with Crippen molar-refractivity contribution in [1.82, 2.24) is 5.32 Å².